The molecule has 2 fully saturated rings. The summed E-state index contributed by atoms with van der Waals surface area (Å²) in [5, 5.41) is 13.7. The third-order valence-electron chi connectivity index (χ3n) is 5.19. The summed E-state index contributed by atoms with van der Waals surface area (Å²) in [4.78, 5) is 0.342. The topological polar surface area (TPSA) is 75.4 Å². The molecular weight excluding hydrogens is 314 g/mol. The van der Waals surface area contributed by atoms with Gasteiger partial charge in [-0.2, -0.15) is 9.40 Å². The Morgan fingerprint density at radius 3 is 2.61 bits per heavy atom. The van der Waals surface area contributed by atoms with Gasteiger partial charge in [-0.1, -0.05) is 19.3 Å². The molecule has 0 radical (unpaired) electrons. The minimum Gasteiger partial charge on any atom is -0.396 e. The van der Waals surface area contributed by atoms with E-state index in [1.807, 2.05) is 4.68 Å². The van der Waals surface area contributed by atoms with Crippen LogP contribution in [0, 0.1) is 6.92 Å². The van der Waals surface area contributed by atoms with Gasteiger partial charge in [0.2, 0.25) is 10.0 Å². The molecule has 1 unspecified atom stereocenters. The molecule has 1 saturated carbocycles. The molecule has 1 saturated heterocycles. The van der Waals surface area contributed by atoms with E-state index in [4.69, 9.17) is 0 Å². The average Bonchev–Trinajstić information content (AvgIpc) is 3.17. The lowest BCUT2D eigenvalue weighted by atomic mass is 10.0. The Balaban J connectivity index is 1.89. The summed E-state index contributed by atoms with van der Waals surface area (Å²) in [6.07, 6.45) is 9.52. The highest BCUT2D eigenvalue weighted by Crippen LogP contribution is 2.32. The summed E-state index contributed by atoms with van der Waals surface area (Å²) in [5.74, 6) is 0. The fourth-order valence-corrected chi connectivity index (χ4v) is 5.81. The van der Waals surface area contributed by atoms with E-state index in [9.17, 15) is 13.5 Å². The predicted octanol–water partition coefficient (Wildman–Crippen LogP) is 2.23. The van der Waals surface area contributed by atoms with Gasteiger partial charge in [0.25, 0.3) is 0 Å². The fraction of sp³-hybridized carbons (Fsp3) is 0.812. The molecular formula is C16H27N3O3S. The summed E-state index contributed by atoms with van der Waals surface area (Å²) >= 11 is 0. The highest BCUT2D eigenvalue weighted by atomic mass is 32.2. The Labute approximate surface area is 138 Å². The van der Waals surface area contributed by atoms with E-state index in [1.165, 1.54) is 12.8 Å². The van der Waals surface area contributed by atoms with Crippen molar-refractivity contribution in [1.29, 1.82) is 0 Å². The van der Waals surface area contributed by atoms with Gasteiger partial charge in [-0.25, -0.2) is 8.42 Å². The minimum absolute atomic E-state index is 0.0248. The number of aryl methyl sites for hydroxylation is 1. The number of hydrogen-bond acceptors (Lipinski definition) is 4. The number of hydrogen-bond donors (Lipinski definition) is 1. The molecule has 0 bridgehead atoms. The molecule has 23 heavy (non-hydrogen) atoms. The van der Waals surface area contributed by atoms with Crippen LogP contribution in [0.1, 0.15) is 63.1 Å². The zero-order valence-electron chi connectivity index (χ0n) is 13.8. The molecule has 0 amide bonds. The van der Waals surface area contributed by atoms with Gasteiger partial charge < -0.3 is 5.11 Å². The first kappa shape index (κ1) is 16.9. The molecule has 1 aliphatic carbocycles. The van der Waals surface area contributed by atoms with Crippen LogP contribution in [0.3, 0.4) is 0 Å². The molecule has 0 spiro atoms. The van der Waals surface area contributed by atoms with Gasteiger partial charge in [0, 0.05) is 25.4 Å². The van der Waals surface area contributed by atoms with Gasteiger partial charge in [-0.05, 0) is 39.0 Å². The third kappa shape index (κ3) is 3.32. The molecule has 2 heterocycles. The summed E-state index contributed by atoms with van der Waals surface area (Å²) in [6, 6.07) is 0.250. The van der Waals surface area contributed by atoms with E-state index in [1.54, 1.807) is 17.4 Å². The molecule has 1 aromatic rings. The van der Waals surface area contributed by atoms with Crippen molar-refractivity contribution in [3.63, 3.8) is 0 Å². The number of aromatic nitrogens is 2. The summed E-state index contributed by atoms with van der Waals surface area (Å²) in [7, 11) is -3.53. The maximum atomic E-state index is 13.1. The zero-order chi connectivity index (χ0) is 16.4. The molecule has 1 aromatic heterocycles. The van der Waals surface area contributed by atoms with Crippen molar-refractivity contribution in [1.82, 2.24) is 14.1 Å². The van der Waals surface area contributed by atoms with Crippen molar-refractivity contribution in [3.8, 4) is 0 Å². The van der Waals surface area contributed by atoms with Crippen LogP contribution in [0.25, 0.3) is 0 Å². The number of aliphatic hydroxyl groups excluding tert-OH is 1. The Kier molecular flexibility index (Phi) is 5.08. The molecule has 1 aliphatic heterocycles. The van der Waals surface area contributed by atoms with Gasteiger partial charge in [0.15, 0.2) is 0 Å². The van der Waals surface area contributed by atoms with Gasteiger partial charge in [0.05, 0.1) is 11.7 Å². The van der Waals surface area contributed by atoms with Crippen LogP contribution in [0.15, 0.2) is 11.1 Å². The number of piperidine rings is 1. The first-order valence-corrected chi connectivity index (χ1v) is 10.2. The highest BCUT2D eigenvalue weighted by Gasteiger charge is 2.35. The lowest BCUT2D eigenvalue weighted by molar-refractivity contribution is 0.192. The van der Waals surface area contributed by atoms with Crippen LogP contribution in [0.5, 0.6) is 0 Å². The first-order valence-electron chi connectivity index (χ1n) is 8.72. The largest absolute Gasteiger partial charge is 0.396 e. The molecule has 1 N–H and O–H groups in total. The van der Waals surface area contributed by atoms with E-state index in [2.05, 4.69) is 5.10 Å². The molecule has 2 aliphatic rings. The van der Waals surface area contributed by atoms with Crippen molar-refractivity contribution in [2.45, 2.75) is 75.3 Å². The second-order valence-corrected chi connectivity index (χ2v) is 8.63. The minimum atomic E-state index is -3.53. The van der Waals surface area contributed by atoms with E-state index in [0.29, 0.717) is 29.6 Å². The lowest BCUT2D eigenvalue weighted by Crippen LogP contribution is -2.44. The maximum absolute atomic E-state index is 13.1. The summed E-state index contributed by atoms with van der Waals surface area (Å²) in [6.45, 7) is 2.35. The van der Waals surface area contributed by atoms with Crippen LogP contribution >= 0.6 is 0 Å². The summed E-state index contributed by atoms with van der Waals surface area (Å²) < 4.78 is 29.7. The normalized spacial score (nSPS) is 24.3. The first-order chi connectivity index (χ1) is 11.0. The lowest BCUT2D eigenvalue weighted by Gasteiger charge is -2.34. The van der Waals surface area contributed by atoms with Crippen LogP contribution in [-0.2, 0) is 10.0 Å². The molecule has 3 rings (SSSR count). The molecule has 6 nitrogen and oxygen atoms in total. The van der Waals surface area contributed by atoms with E-state index in [-0.39, 0.29) is 12.6 Å². The molecule has 7 heteroatoms. The second kappa shape index (κ2) is 6.91. The Hall–Kier alpha value is -0.920. The smallest absolute Gasteiger partial charge is 0.246 e. The van der Waals surface area contributed by atoms with Crippen molar-refractivity contribution < 1.29 is 13.5 Å². The third-order valence-corrected chi connectivity index (χ3v) is 7.25. The average molecular weight is 341 g/mol. The van der Waals surface area contributed by atoms with Crippen molar-refractivity contribution in [3.05, 3.63) is 11.9 Å². The fourth-order valence-electron chi connectivity index (χ4n) is 3.93. The standard InChI is InChI=1S/C16H27N3O3S/c1-13-16(12-18(17-13)14-6-2-3-7-14)23(21,22)19-10-5-4-8-15(19)9-11-20/h12,14-15,20H,2-11H2,1H3. The van der Waals surface area contributed by atoms with Gasteiger partial charge >= 0.3 is 0 Å². The van der Waals surface area contributed by atoms with Gasteiger partial charge in [0.1, 0.15) is 4.90 Å². The molecule has 130 valence electrons. The number of aliphatic hydroxyl groups is 1. The van der Waals surface area contributed by atoms with Crippen molar-refractivity contribution in [2.24, 2.45) is 0 Å². The van der Waals surface area contributed by atoms with Crippen LogP contribution in [-0.4, -0.2) is 46.8 Å². The van der Waals surface area contributed by atoms with Crippen molar-refractivity contribution in [2.75, 3.05) is 13.2 Å². The Morgan fingerprint density at radius 1 is 1.22 bits per heavy atom. The van der Waals surface area contributed by atoms with Crippen LogP contribution in [0.4, 0.5) is 0 Å². The second-order valence-electron chi connectivity index (χ2n) is 6.77. The molecule has 1 atom stereocenters. The van der Waals surface area contributed by atoms with Crippen LogP contribution in [0.2, 0.25) is 0 Å². The van der Waals surface area contributed by atoms with Crippen molar-refractivity contribution >= 4 is 10.0 Å². The van der Waals surface area contributed by atoms with E-state index >= 15 is 0 Å². The molecule has 0 aromatic carbocycles. The maximum Gasteiger partial charge on any atom is 0.246 e. The summed E-state index contributed by atoms with van der Waals surface area (Å²) in [5.41, 5.74) is 0.588. The van der Waals surface area contributed by atoms with Crippen LogP contribution < -0.4 is 0 Å². The van der Waals surface area contributed by atoms with Gasteiger partial charge in [-0.15, -0.1) is 0 Å². The Bertz CT molecular complexity index is 633. The number of nitrogens with zero attached hydrogens (tertiary/aromatic N) is 3. The number of sulfonamides is 1. The Morgan fingerprint density at radius 2 is 1.91 bits per heavy atom. The quantitative estimate of drug-likeness (QED) is 0.891. The zero-order valence-corrected chi connectivity index (χ0v) is 14.6. The predicted molar refractivity (Wildman–Crippen MR) is 87.7 cm³/mol. The van der Waals surface area contributed by atoms with Gasteiger partial charge in [-0.3, -0.25) is 4.68 Å². The van der Waals surface area contributed by atoms with E-state index in [0.717, 1.165) is 32.1 Å². The SMILES string of the molecule is Cc1nn(C2CCCC2)cc1S(=O)(=O)N1CCCCC1CCO. The highest BCUT2D eigenvalue weighted by molar-refractivity contribution is 7.89. The monoisotopic (exact) mass is 341 g/mol. The number of rotatable bonds is 5. The van der Waals surface area contributed by atoms with E-state index < -0.39 is 10.0 Å².